The maximum Gasteiger partial charge on any atom is 0.254 e. The van der Waals surface area contributed by atoms with Gasteiger partial charge in [0.25, 0.3) is 5.91 Å². The normalized spacial score (nSPS) is 10.5. The molecular weight excluding hydrogens is 259 g/mol. The molecule has 110 valence electrons. The summed E-state index contributed by atoms with van der Waals surface area (Å²) in [7, 11) is 0. The maximum atomic E-state index is 13.1. The second-order valence-electron chi connectivity index (χ2n) is 5.00. The number of carbonyl (C=O) groups excluding carboxylic acids is 2. The quantitative estimate of drug-likeness (QED) is 0.898. The van der Waals surface area contributed by atoms with Crippen molar-refractivity contribution < 1.29 is 14.0 Å². The second kappa shape index (κ2) is 7.03. The Hall–Kier alpha value is -1.91. The third kappa shape index (κ3) is 4.33. The summed E-state index contributed by atoms with van der Waals surface area (Å²) in [5.41, 5.74) is 0.989. The van der Waals surface area contributed by atoms with Crippen molar-refractivity contribution >= 4 is 11.8 Å². The summed E-state index contributed by atoms with van der Waals surface area (Å²) in [5, 5.41) is 2.74. The Morgan fingerprint density at radius 1 is 1.35 bits per heavy atom. The lowest BCUT2D eigenvalue weighted by Crippen LogP contribution is -2.42. The van der Waals surface area contributed by atoms with Gasteiger partial charge in [-0.3, -0.25) is 9.59 Å². The van der Waals surface area contributed by atoms with Gasteiger partial charge in [0.15, 0.2) is 0 Å². The van der Waals surface area contributed by atoms with E-state index in [1.807, 2.05) is 13.8 Å². The van der Waals surface area contributed by atoms with E-state index in [0.29, 0.717) is 17.7 Å². The SMILES string of the molecule is CCN(CC(=O)NC(C)C)C(=O)c1ccc(F)cc1C. The van der Waals surface area contributed by atoms with Gasteiger partial charge in [-0.15, -0.1) is 0 Å². The van der Waals surface area contributed by atoms with E-state index in [4.69, 9.17) is 0 Å². The summed E-state index contributed by atoms with van der Waals surface area (Å²) >= 11 is 0. The number of nitrogens with one attached hydrogen (secondary N) is 1. The average Bonchev–Trinajstić information content (AvgIpc) is 2.34. The molecule has 5 heteroatoms. The fourth-order valence-electron chi connectivity index (χ4n) is 1.91. The second-order valence-corrected chi connectivity index (χ2v) is 5.00. The number of benzene rings is 1. The van der Waals surface area contributed by atoms with Crippen LogP contribution in [-0.4, -0.2) is 35.8 Å². The van der Waals surface area contributed by atoms with Gasteiger partial charge >= 0.3 is 0 Å². The zero-order chi connectivity index (χ0) is 15.3. The van der Waals surface area contributed by atoms with Crippen LogP contribution in [0, 0.1) is 12.7 Å². The molecule has 1 aromatic rings. The zero-order valence-electron chi connectivity index (χ0n) is 12.4. The van der Waals surface area contributed by atoms with Crippen molar-refractivity contribution in [1.82, 2.24) is 10.2 Å². The third-order valence-corrected chi connectivity index (χ3v) is 2.87. The van der Waals surface area contributed by atoms with Crippen LogP contribution in [0.25, 0.3) is 0 Å². The lowest BCUT2D eigenvalue weighted by Gasteiger charge is -2.22. The van der Waals surface area contributed by atoms with Crippen LogP contribution in [0.1, 0.15) is 36.7 Å². The van der Waals surface area contributed by atoms with Gasteiger partial charge in [0, 0.05) is 18.2 Å². The highest BCUT2D eigenvalue weighted by molar-refractivity contribution is 5.97. The van der Waals surface area contributed by atoms with Gasteiger partial charge in [-0.1, -0.05) is 0 Å². The zero-order valence-corrected chi connectivity index (χ0v) is 12.4. The van der Waals surface area contributed by atoms with E-state index in [9.17, 15) is 14.0 Å². The van der Waals surface area contributed by atoms with Crippen LogP contribution in [0.3, 0.4) is 0 Å². The molecule has 0 aromatic heterocycles. The van der Waals surface area contributed by atoms with Crippen molar-refractivity contribution in [3.05, 3.63) is 35.1 Å². The van der Waals surface area contributed by atoms with Crippen molar-refractivity contribution in [2.45, 2.75) is 33.7 Å². The van der Waals surface area contributed by atoms with Gasteiger partial charge in [-0.25, -0.2) is 4.39 Å². The minimum absolute atomic E-state index is 0.00430. The maximum absolute atomic E-state index is 13.1. The molecule has 0 radical (unpaired) electrons. The summed E-state index contributed by atoms with van der Waals surface area (Å²) < 4.78 is 13.1. The van der Waals surface area contributed by atoms with Gasteiger partial charge in [0.1, 0.15) is 5.82 Å². The molecule has 1 N–H and O–H groups in total. The highest BCUT2D eigenvalue weighted by atomic mass is 19.1. The first kappa shape index (κ1) is 16.1. The number of nitrogens with zero attached hydrogens (tertiary/aromatic N) is 1. The molecule has 0 spiro atoms. The number of rotatable bonds is 5. The molecular formula is C15H21FN2O2. The lowest BCUT2D eigenvalue weighted by atomic mass is 10.1. The number of hydrogen-bond donors (Lipinski definition) is 1. The Kier molecular flexibility index (Phi) is 5.67. The molecule has 0 aliphatic heterocycles. The summed E-state index contributed by atoms with van der Waals surface area (Å²) in [5.74, 6) is -0.835. The molecule has 0 heterocycles. The molecule has 4 nitrogen and oxygen atoms in total. The Balaban J connectivity index is 2.84. The van der Waals surface area contributed by atoms with Gasteiger partial charge in [-0.05, 0) is 51.5 Å². The molecule has 20 heavy (non-hydrogen) atoms. The Morgan fingerprint density at radius 2 is 2.00 bits per heavy atom. The number of carbonyl (C=O) groups is 2. The van der Waals surface area contributed by atoms with Crippen molar-refractivity contribution in [3.8, 4) is 0 Å². The van der Waals surface area contributed by atoms with Crippen LogP contribution < -0.4 is 5.32 Å². The largest absolute Gasteiger partial charge is 0.352 e. The van der Waals surface area contributed by atoms with Crippen LogP contribution in [0.15, 0.2) is 18.2 Å². The van der Waals surface area contributed by atoms with Crippen molar-refractivity contribution in [3.63, 3.8) is 0 Å². The van der Waals surface area contributed by atoms with E-state index in [2.05, 4.69) is 5.32 Å². The van der Waals surface area contributed by atoms with Crippen molar-refractivity contribution in [1.29, 1.82) is 0 Å². The van der Waals surface area contributed by atoms with E-state index in [0.717, 1.165) is 0 Å². The summed E-state index contributed by atoms with van der Waals surface area (Å²) in [6.45, 7) is 7.63. The minimum Gasteiger partial charge on any atom is -0.352 e. The first-order valence-electron chi connectivity index (χ1n) is 6.70. The summed E-state index contributed by atoms with van der Waals surface area (Å²) in [6, 6.07) is 4.05. The topological polar surface area (TPSA) is 49.4 Å². The predicted molar refractivity (Wildman–Crippen MR) is 76.0 cm³/mol. The van der Waals surface area contributed by atoms with Crippen molar-refractivity contribution in [2.75, 3.05) is 13.1 Å². The van der Waals surface area contributed by atoms with E-state index in [1.165, 1.54) is 23.1 Å². The van der Waals surface area contributed by atoms with Crippen LogP contribution in [0.4, 0.5) is 4.39 Å². The fourth-order valence-corrected chi connectivity index (χ4v) is 1.91. The van der Waals surface area contributed by atoms with Crippen LogP contribution in [0.2, 0.25) is 0 Å². The first-order chi connectivity index (χ1) is 9.35. The van der Waals surface area contributed by atoms with Gasteiger partial charge in [0.2, 0.25) is 5.91 Å². The highest BCUT2D eigenvalue weighted by Crippen LogP contribution is 2.12. The molecule has 0 atom stereocenters. The molecule has 1 aromatic carbocycles. The predicted octanol–water partition coefficient (Wildman–Crippen LogP) is 2.12. The number of aryl methyl sites for hydroxylation is 1. The number of likely N-dealkylation sites (N-methyl/N-ethyl adjacent to an activating group) is 1. The smallest absolute Gasteiger partial charge is 0.254 e. The standard InChI is InChI=1S/C15H21FN2O2/c1-5-18(9-14(19)17-10(2)3)15(20)13-7-6-12(16)8-11(13)4/h6-8,10H,5,9H2,1-4H3,(H,17,19). The average molecular weight is 280 g/mol. The third-order valence-electron chi connectivity index (χ3n) is 2.87. The lowest BCUT2D eigenvalue weighted by molar-refractivity contribution is -0.122. The molecule has 1 rings (SSSR count). The van der Waals surface area contributed by atoms with Crippen molar-refractivity contribution in [2.24, 2.45) is 0 Å². The molecule has 0 saturated heterocycles. The van der Waals surface area contributed by atoms with E-state index in [-0.39, 0.29) is 30.2 Å². The van der Waals surface area contributed by atoms with Crippen LogP contribution in [-0.2, 0) is 4.79 Å². The minimum atomic E-state index is -0.375. The number of halogens is 1. The molecule has 0 fully saturated rings. The number of amides is 2. The highest BCUT2D eigenvalue weighted by Gasteiger charge is 2.19. The van der Waals surface area contributed by atoms with Gasteiger partial charge in [0.05, 0.1) is 6.54 Å². The Morgan fingerprint density at radius 3 is 2.50 bits per heavy atom. The molecule has 0 bridgehead atoms. The molecule has 0 unspecified atom stereocenters. The summed E-state index contributed by atoms with van der Waals surface area (Å²) in [4.78, 5) is 25.5. The first-order valence-corrected chi connectivity index (χ1v) is 6.70. The van der Waals surface area contributed by atoms with Crippen LogP contribution in [0.5, 0.6) is 0 Å². The van der Waals surface area contributed by atoms with E-state index in [1.54, 1.807) is 13.8 Å². The molecule has 0 aliphatic carbocycles. The summed E-state index contributed by atoms with van der Waals surface area (Å²) in [6.07, 6.45) is 0. The Labute approximate surface area is 119 Å². The van der Waals surface area contributed by atoms with Gasteiger partial charge in [-0.2, -0.15) is 0 Å². The number of hydrogen-bond acceptors (Lipinski definition) is 2. The molecule has 0 aliphatic rings. The molecule has 0 saturated carbocycles. The molecule has 2 amide bonds. The van der Waals surface area contributed by atoms with E-state index < -0.39 is 0 Å². The van der Waals surface area contributed by atoms with Gasteiger partial charge < -0.3 is 10.2 Å². The van der Waals surface area contributed by atoms with Crippen LogP contribution >= 0.6 is 0 Å². The van der Waals surface area contributed by atoms with E-state index >= 15 is 0 Å². The monoisotopic (exact) mass is 280 g/mol. The fraction of sp³-hybridized carbons (Fsp3) is 0.467. The Bertz CT molecular complexity index is 501.